The van der Waals surface area contributed by atoms with Crippen LogP contribution in [0.25, 0.3) is 0 Å². The van der Waals surface area contributed by atoms with Crippen LogP contribution in [0.2, 0.25) is 10.0 Å². The Kier molecular flexibility index (Phi) is 8.87. The van der Waals surface area contributed by atoms with E-state index in [1.165, 1.54) is 29.2 Å². The van der Waals surface area contributed by atoms with Gasteiger partial charge in [0.05, 0.1) is 41.2 Å². The lowest BCUT2D eigenvalue weighted by molar-refractivity contribution is -0.138. The van der Waals surface area contributed by atoms with Crippen LogP contribution in [-0.2, 0) is 24.6 Å². The van der Waals surface area contributed by atoms with Crippen LogP contribution in [0, 0.1) is 36.4 Å². The number of hydrogen-bond acceptors (Lipinski definition) is 7. The van der Waals surface area contributed by atoms with Crippen LogP contribution < -0.4 is 15.1 Å². The monoisotopic (exact) mass is 753 g/mol. The topological polar surface area (TPSA) is 116 Å². The van der Waals surface area contributed by atoms with E-state index in [4.69, 9.17) is 27.9 Å². The SMILES string of the molecule is Cc1ccc(N2C(=O)[C@H]3[C@H](CC=C4[C@H]3C[C@H]3C(=O)N(Nc5ccc(F)cc5)C(=O)[C@@]3(c3ccc(Cl)cc3)[C@H]4c3ccc(OCCO)cc3)C2=O)cc1Cl. The molecule has 0 spiro atoms. The molecule has 4 amide bonds. The number of nitrogens with zero attached hydrogens (tertiary/aromatic N) is 2. The fourth-order valence-corrected chi connectivity index (χ4v) is 9.23. The Hall–Kier alpha value is -5.03. The molecule has 270 valence electrons. The summed E-state index contributed by atoms with van der Waals surface area (Å²) < 4.78 is 19.5. The van der Waals surface area contributed by atoms with E-state index in [2.05, 4.69) is 5.43 Å². The third kappa shape index (κ3) is 5.54. The molecule has 2 saturated heterocycles. The first-order valence-corrected chi connectivity index (χ1v) is 18.1. The summed E-state index contributed by atoms with van der Waals surface area (Å²) in [7, 11) is 0. The molecule has 53 heavy (non-hydrogen) atoms. The Morgan fingerprint density at radius 1 is 0.887 bits per heavy atom. The zero-order valence-electron chi connectivity index (χ0n) is 28.5. The minimum atomic E-state index is -1.51. The number of aliphatic hydroxyl groups is 1. The summed E-state index contributed by atoms with van der Waals surface area (Å²) in [6.45, 7) is 1.75. The normalized spacial score (nSPS) is 26.3. The summed E-state index contributed by atoms with van der Waals surface area (Å²) in [6, 6.07) is 24.5. The average Bonchev–Trinajstić information content (AvgIpc) is 3.54. The molecule has 4 aromatic rings. The number of allylic oxidation sites excluding steroid dienone is 2. The van der Waals surface area contributed by atoms with Crippen LogP contribution in [-0.4, -0.2) is 47.0 Å². The van der Waals surface area contributed by atoms with E-state index < -0.39 is 52.6 Å². The van der Waals surface area contributed by atoms with Gasteiger partial charge >= 0.3 is 0 Å². The minimum Gasteiger partial charge on any atom is -0.491 e. The van der Waals surface area contributed by atoms with Gasteiger partial charge < -0.3 is 9.84 Å². The van der Waals surface area contributed by atoms with E-state index in [0.29, 0.717) is 38.3 Å². The molecule has 2 heterocycles. The lowest BCUT2D eigenvalue weighted by Crippen LogP contribution is -2.53. The van der Waals surface area contributed by atoms with E-state index in [1.54, 1.807) is 54.6 Å². The number of ether oxygens (including phenoxy) is 1. The zero-order valence-corrected chi connectivity index (χ0v) is 30.0. The Balaban J connectivity index is 1.30. The number of hydrogen-bond donors (Lipinski definition) is 2. The number of fused-ring (bicyclic) bond motifs is 4. The number of imide groups is 2. The second kappa shape index (κ2) is 13.4. The average molecular weight is 755 g/mol. The van der Waals surface area contributed by atoms with Gasteiger partial charge in [0.15, 0.2) is 0 Å². The number of aliphatic hydroxyl groups excluding tert-OH is 1. The molecule has 4 aliphatic rings. The number of carbonyl (C=O) groups is 4. The predicted molar refractivity (Wildman–Crippen MR) is 197 cm³/mol. The number of halogens is 3. The molecule has 1 saturated carbocycles. The molecule has 0 unspecified atom stereocenters. The van der Waals surface area contributed by atoms with Gasteiger partial charge in [0, 0.05) is 16.0 Å². The highest BCUT2D eigenvalue weighted by Crippen LogP contribution is 2.64. The van der Waals surface area contributed by atoms with Gasteiger partial charge in [0.1, 0.15) is 18.2 Å². The Morgan fingerprint density at radius 3 is 2.28 bits per heavy atom. The van der Waals surface area contributed by atoms with Crippen molar-refractivity contribution in [2.45, 2.75) is 31.1 Å². The van der Waals surface area contributed by atoms with Crippen molar-refractivity contribution in [2.24, 2.45) is 23.7 Å². The van der Waals surface area contributed by atoms with Gasteiger partial charge in [0.2, 0.25) is 11.8 Å². The summed E-state index contributed by atoms with van der Waals surface area (Å²) in [5.74, 6) is -5.49. The molecular formula is C41H34Cl2FN3O6. The highest BCUT2D eigenvalue weighted by Gasteiger charge is 2.70. The fourth-order valence-electron chi connectivity index (χ4n) is 8.93. The maximum Gasteiger partial charge on any atom is 0.260 e. The highest BCUT2D eigenvalue weighted by molar-refractivity contribution is 6.32. The van der Waals surface area contributed by atoms with Crippen molar-refractivity contribution in [1.29, 1.82) is 0 Å². The summed E-state index contributed by atoms with van der Waals surface area (Å²) in [4.78, 5) is 59.8. The molecule has 12 heteroatoms. The second-order valence-corrected chi connectivity index (χ2v) is 14.8. The molecule has 0 radical (unpaired) electrons. The largest absolute Gasteiger partial charge is 0.491 e. The number of rotatable bonds is 8. The third-order valence-electron chi connectivity index (χ3n) is 11.2. The first-order valence-electron chi connectivity index (χ1n) is 17.4. The highest BCUT2D eigenvalue weighted by atomic mass is 35.5. The van der Waals surface area contributed by atoms with Gasteiger partial charge in [-0.15, -0.1) is 0 Å². The summed E-state index contributed by atoms with van der Waals surface area (Å²) in [5.41, 5.74) is 5.01. The van der Waals surface area contributed by atoms with E-state index in [0.717, 1.165) is 16.1 Å². The van der Waals surface area contributed by atoms with Crippen LogP contribution in [0.5, 0.6) is 5.75 Å². The van der Waals surface area contributed by atoms with Crippen LogP contribution in [0.1, 0.15) is 35.4 Å². The van der Waals surface area contributed by atoms with E-state index in [9.17, 15) is 23.9 Å². The first kappa shape index (κ1) is 35.0. The van der Waals surface area contributed by atoms with Gasteiger partial charge in [-0.05, 0) is 103 Å². The van der Waals surface area contributed by atoms with Crippen LogP contribution >= 0.6 is 23.2 Å². The van der Waals surface area contributed by atoms with Gasteiger partial charge in [-0.25, -0.2) is 9.29 Å². The van der Waals surface area contributed by atoms with Crippen molar-refractivity contribution >= 4 is 58.2 Å². The fraction of sp³-hybridized carbons (Fsp3) is 0.268. The Labute approximate surface area is 314 Å². The van der Waals surface area contributed by atoms with Crippen molar-refractivity contribution in [3.63, 3.8) is 0 Å². The van der Waals surface area contributed by atoms with Gasteiger partial charge in [-0.3, -0.25) is 24.6 Å². The number of amides is 4. The number of benzene rings is 4. The number of nitrogens with one attached hydrogen (secondary N) is 1. The maximum absolute atomic E-state index is 15.2. The van der Waals surface area contributed by atoms with E-state index in [1.807, 2.05) is 25.1 Å². The standard InChI is InChI=1S/C41H34Cl2FN3O6/c1-22-2-13-28(20-34(22)43)46-37(49)31-17-16-30-32(35(31)39(46)51)21-33-38(50)47(45-27-11-9-26(44)10-12-27)40(52)41(33,24-5-7-25(42)8-6-24)36(30)23-3-14-29(15-4-23)53-19-18-48/h2-16,20,31-33,35-36,45,48H,17-19,21H2,1H3/t31-,32+,33-,35-,36-,41+/m0/s1. The van der Waals surface area contributed by atoms with Crippen molar-refractivity contribution in [2.75, 3.05) is 23.5 Å². The molecule has 6 atom stereocenters. The minimum absolute atomic E-state index is 0.0890. The van der Waals surface area contributed by atoms with Crippen molar-refractivity contribution in [3.05, 3.63) is 135 Å². The van der Waals surface area contributed by atoms with Crippen LogP contribution in [0.3, 0.4) is 0 Å². The van der Waals surface area contributed by atoms with E-state index >= 15 is 4.79 Å². The predicted octanol–water partition coefficient (Wildman–Crippen LogP) is 7.00. The maximum atomic E-state index is 15.2. The van der Waals surface area contributed by atoms with Crippen molar-refractivity contribution in [1.82, 2.24) is 5.01 Å². The molecule has 0 bridgehead atoms. The second-order valence-electron chi connectivity index (χ2n) is 14.0. The lowest BCUT2D eigenvalue weighted by atomic mass is 9.49. The number of aryl methyl sites for hydroxylation is 1. The molecule has 2 aliphatic heterocycles. The summed E-state index contributed by atoms with van der Waals surface area (Å²) in [5, 5.41) is 11.2. The zero-order chi connectivity index (χ0) is 37.2. The Morgan fingerprint density at radius 2 is 1.60 bits per heavy atom. The quantitative estimate of drug-likeness (QED) is 0.147. The smallest absolute Gasteiger partial charge is 0.260 e. The van der Waals surface area contributed by atoms with Gasteiger partial charge in [-0.1, -0.05) is 65.2 Å². The molecule has 2 aliphatic carbocycles. The van der Waals surface area contributed by atoms with E-state index in [-0.39, 0.29) is 37.9 Å². The molecule has 3 fully saturated rings. The molecular weight excluding hydrogens is 720 g/mol. The van der Waals surface area contributed by atoms with Crippen molar-refractivity contribution in [3.8, 4) is 5.75 Å². The van der Waals surface area contributed by atoms with Crippen LogP contribution in [0.15, 0.2) is 103 Å². The summed E-state index contributed by atoms with van der Waals surface area (Å²) >= 11 is 12.8. The molecule has 0 aromatic heterocycles. The number of carbonyl (C=O) groups excluding carboxylic acids is 4. The molecule has 8 rings (SSSR count). The molecule has 4 aromatic carbocycles. The van der Waals surface area contributed by atoms with Crippen molar-refractivity contribution < 1.29 is 33.4 Å². The lowest BCUT2D eigenvalue weighted by Gasteiger charge is -2.50. The third-order valence-corrected chi connectivity index (χ3v) is 11.9. The number of anilines is 2. The first-order chi connectivity index (χ1) is 25.5. The Bertz CT molecular complexity index is 2180. The molecule has 9 nitrogen and oxygen atoms in total. The van der Waals surface area contributed by atoms with Crippen LogP contribution in [0.4, 0.5) is 15.8 Å². The molecule has 2 N–H and O–H groups in total. The summed E-state index contributed by atoms with van der Waals surface area (Å²) in [6.07, 6.45) is 2.34. The van der Waals surface area contributed by atoms with Gasteiger partial charge in [-0.2, -0.15) is 5.01 Å². The number of hydrazine groups is 1. The van der Waals surface area contributed by atoms with Gasteiger partial charge in [0.25, 0.3) is 11.8 Å².